The van der Waals surface area contributed by atoms with E-state index < -0.39 is 0 Å². The van der Waals surface area contributed by atoms with Gasteiger partial charge in [-0.05, 0) is 50.5 Å². The van der Waals surface area contributed by atoms with E-state index in [2.05, 4.69) is 18.7 Å². The molecule has 1 aliphatic heterocycles. The second kappa shape index (κ2) is 5.71. The van der Waals surface area contributed by atoms with Crippen LogP contribution in [0.1, 0.15) is 65.2 Å². The molecule has 17 heavy (non-hydrogen) atoms. The SMILES string of the molecule is CC1(C)CCCC(N2CCCCC2CN)CC1. The molecular formula is C15H30N2. The van der Waals surface area contributed by atoms with E-state index in [1.54, 1.807) is 0 Å². The first kappa shape index (κ1) is 13.4. The number of likely N-dealkylation sites (tertiary alicyclic amines) is 1. The lowest BCUT2D eigenvalue weighted by Gasteiger charge is -2.41. The fourth-order valence-electron chi connectivity index (χ4n) is 3.73. The topological polar surface area (TPSA) is 29.3 Å². The van der Waals surface area contributed by atoms with Crippen LogP contribution in [-0.4, -0.2) is 30.1 Å². The Morgan fingerprint density at radius 2 is 1.88 bits per heavy atom. The van der Waals surface area contributed by atoms with Crippen molar-refractivity contribution in [3.8, 4) is 0 Å². The molecule has 2 aliphatic rings. The normalized spacial score (nSPS) is 35.5. The van der Waals surface area contributed by atoms with Gasteiger partial charge in [0.1, 0.15) is 0 Å². The molecule has 0 aromatic carbocycles. The standard InChI is InChI=1S/C15H30N2/c1-15(2)9-5-7-13(8-10-15)17-11-4-3-6-14(17)12-16/h13-14H,3-12,16H2,1-2H3. The Bertz CT molecular complexity index is 237. The molecule has 0 bridgehead atoms. The molecule has 1 saturated carbocycles. The highest BCUT2D eigenvalue weighted by molar-refractivity contribution is 4.87. The minimum atomic E-state index is 0.572. The monoisotopic (exact) mass is 238 g/mol. The first-order valence-electron chi connectivity index (χ1n) is 7.58. The van der Waals surface area contributed by atoms with Crippen molar-refractivity contribution in [1.29, 1.82) is 0 Å². The van der Waals surface area contributed by atoms with Crippen LogP contribution < -0.4 is 5.73 Å². The van der Waals surface area contributed by atoms with Gasteiger partial charge in [0.05, 0.1) is 0 Å². The van der Waals surface area contributed by atoms with E-state index in [9.17, 15) is 0 Å². The third kappa shape index (κ3) is 3.45. The van der Waals surface area contributed by atoms with Gasteiger partial charge in [0.2, 0.25) is 0 Å². The Morgan fingerprint density at radius 1 is 1.06 bits per heavy atom. The fraction of sp³-hybridized carbons (Fsp3) is 1.00. The minimum Gasteiger partial charge on any atom is -0.329 e. The van der Waals surface area contributed by atoms with Crippen LogP contribution in [0.3, 0.4) is 0 Å². The number of rotatable bonds is 2. The van der Waals surface area contributed by atoms with Crippen molar-refractivity contribution in [1.82, 2.24) is 4.90 Å². The van der Waals surface area contributed by atoms with Crippen molar-refractivity contribution < 1.29 is 0 Å². The Kier molecular flexibility index (Phi) is 4.48. The molecule has 2 atom stereocenters. The largest absolute Gasteiger partial charge is 0.329 e. The van der Waals surface area contributed by atoms with Crippen LogP contribution in [0.2, 0.25) is 0 Å². The molecule has 1 heterocycles. The Hall–Kier alpha value is -0.0800. The molecule has 100 valence electrons. The van der Waals surface area contributed by atoms with Gasteiger partial charge in [0.25, 0.3) is 0 Å². The molecule has 2 heteroatoms. The van der Waals surface area contributed by atoms with Crippen molar-refractivity contribution in [3.05, 3.63) is 0 Å². The quantitative estimate of drug-likeness (QED) is 0.749. The number of hydrogen-bond donors (Lipinski definition) is 1. The maximum Gasteiger partial charge on any atom is 0.0221 e. The summed E-state index contributed by atoms with van der Waals surface area (Å²) in [7, 11) is 0. The van der Waals surface area contributed by atoms with Gasteiger partial charge in [0, 0.05) is 18.6 Å². The lowest BCUT2D eigenvalue weighted by molar-refractivity contribution is 0.0878. The second-order valence-electron chi connectivity index (χ2n) is 6.87. The summed E-state index contributed by atoms with van der Waals surface area (Å²) in [5.41, 5.74) is 6.52. The van der Waals surface area contributed by atoms with Crippen molar-refractivity contribution in [2.24, 2.45) is 11.1 Å². The average Bonchev–Trinajstić information content (AvgIpc) is 2.50. The van der Waals surface area contributed by atoms with E-state index in [1.807, 2.05) is 0 Å². The van der Waals surface area contributed by atoms with E-state index >= 15 is 0 Å². The zero-order chi connectivity index (χ0) is 12.3. The molecule has 0 aromatic rings. The highest BCUT2D eigenvalue weighted by Crippen LogP contribution is 2.36. The molecule has 1 aliphatic carbocycles. The molecule has 2 N–H and O–H groups in total. The molecule has 0 amide bonds. The maximum absolute atomic E-state index is 5.95. The van der Waals surface area contributed by atoms with Gasteiger partial charge in [-0.25, -0.2) is 0 Å². The predicted octanol–water partition coefficient (Wildman–Crippen LogP) is 3.16. The zero-order valence-corrected chi connectivity index (χ0v) is 11.8. The lowest BCUT2D eigenvalue weighted by atomic mass is 9.85. The summed E-state index contributed by atoms with van der Waals surface area (Å²) in [6, 6.07) is 1.50. The summed E-state index contributed by atoms with van der Waals surface area (Å²) in [4.78, 5) is 2.75. The molecule has 2 fully saturated rings. The Morgan fingerprint density at radius 3 is 2.65 bits per heavy atom. The van der Waals surface area contributed by atoms with Gasteiger partial charge in [-0.3, -0.25) is 4.90 Å². The summed E-state index contributed by atoms with van der Waals surface area (Å²) in [5.74, 6) is 0. The predicted molar refractivity (Wildman–Crippen MR) is 74.1 cm³/mol. The van der Waals surface area contributed by atoms with Gasteiger partial charge >= 0.3 is 0 Å². The van der Waals surface area contributed by atoms with E-state index in [0.29, 0.717) is 11.5 Å². The average molecular weight is 238 g/mol. The zero-order valence-electron chi connectivity index (χ0n) is 11.8. The number of nitrogens with two attached hydrogens (primary N) is 1. The molecule has 0 spiro atoms. The van der Waals surface area contributed by atoms with Crippen LogP contribution in [0.25, 0.3) is 0 Å². The van der Waals surface area contributed by atoms with E-state index in [0.717, 1.165) is 12.6 Å². The van der Waals surface area contributed by atoms with Gasteiger partial charge in [0.15, 0.2) is 0 Å². The highest BCUT2D eigenvalue weighted by atomic mass is 15.2. The van der Waals surface area contributed by atoms with Gasteiger partial charge < -0.3 is 5.73 Å². The van der Waals surface area contributed by atoms with Crippen LogP contribution in [0.5, 0.6) is 0 Å². The molecule has 2 unspecified atom stereocenters. The molecule has 0 aromatic heterocycles. The number of hydrogen-bond acceptors (Lipinski definition) is 2. The fourth-order valence-corrected chi connectivity index (χ4v) is 3.73. The van der Waals surface area contributed by atoms with E-state index in [4.69, 9.17) is 5.73 Å². The van der Waals surface area contributed by atoms with Crippen LogP contribution in [0.15, 0.2) is 0 Å². The summed E-state index contributed by atoms with van der Waals surface area (Å²) < 4.78 is 0. The summed E-state index contributed by atoms with van der Waals surface area (Å²) in [6.07, 6.45) is 11.1. The lowest BCUT2D eigenvalue weighted by Crippen LogP contribution is -2.49. The van der Waals surface area contributed by atoms with Gasteiger partial charge in [-0.2, -0.15) is 0 Å². The van der Waals surface area contributed by atoms with Crippen molar-refractivity contribution >= 4 is 0 Å². The Balaban J connectivity index is 1.96. The molecule has 2 nitrogen and oxygen atoms in total. The van der Waals surface area contributed by atoms with Gasteiger partial charge in [-0.1, -0.05) is 26.7 Å². The highest BCUT2D eigenvalue weighted by Gasteiger charge is 2.31. The Labute approximate surface area is 107 Å². The summed E-state index contributed by atoms with van der Waals surface area (Å²) >= 11 is 0. The first-order chi connectivity index (χ1) is 8.12. The number of nitrogens with zero attached hydrogens (tertiary/aromatic N) is 1. The van der Waals surface area contributed by atoms with Gasteiger partial charge in [-0.15, -0.1) is 0 Å². The third-order valence-corrected chi connectivity index (χ3v) is 4.96. The first-order valence-corrected chi connectivity index (χ1v) is 7.58. The molecule has 0 radical (unpaired) electrons. The second-order valence-corrected chi connectivity index (χ2v) is 6.87. The van der Waals surface area contributed by atoms with Crippen molar-refractivity contribution in [3.63, 3.8) is 0 Å². The third-order valence-electron chi connectivity index (χ3n) is 4.96. The van der Waals surface area contributed by atoms with Crippen LogP contribution in [0.4, 0.5) is 0 Å². The maximum atomic E-state index is 5.95. The van der Waals surface area contributed by atoms with E-state index in [1.165, 1.54) is 57.9 Å². The molecule has 1 saturated heterocycles. The van der Waals surface area contributed by atoms with E-state index in [-0.39, 0.29) is 0 Å². The number of piperidine rings is 1. The molecular weight excluding hydrogens is 208 g/mol. The molecule has 2 rings (SSSR count). The van der Waals surface area contributed by atoms with Crippen LogP contribution in [-0.2, 0) is 0 Å². The van der Waals surface area contributed by atoms with Crippen LogP contribution in [0, 0.1) is 5.41 Å². The smallest absolute Gasteiger partial charge is 0.0221 e. The minimum absolute atomic E-state index is 0.572. The summed E-state index contributed by atoms with van der Waals surface area (Å²) in [5, 5.41) is 0. The summed E-state index contributed by atoms with van der Waals surface area (Å²) in [6.45, 7) is 7.03. The van der Waals surface area contributed by atoms with Crippen molar-refractivity contribution in [2.45, 2.75) is 77.3 Å². The van der Waals surface area contributed by atoms with Crippen LogP contribution >= 0.6 is 0 Å². The van der Waals surface area contributed by atoms with Crippen molar-refractivity contribution in [2.75, 3.05) is 13.1 Å².